The van der Waals surface area contributed by atoms with Crippen molar-refractivity contribution in [2.24, 2.45) is 5.10 Å². The molecule has 9 heteroatoms. The number of amides is 1. The second-order valence-electron chi connectivity index (χ2n) is 7.89. The molecule has 2 heterocycles. The van der Waals surface area contributed by atoms with Crippen LogP contribution in [0.5, 0.6) is 0 Å². The molecule has 0 radical (unpaired) electrons. The molecule has 0 bridgehead atoms. The third kappa shape index (κ3) is 6.25. The average molecular weight is 445 g/mol. The van der Waals surface area contributed by atoms with E-state index in [1.807, 2.05) is 61.5 Å². The minimum atomic E-state index is -0.103. The van der Waals surface area contributed by atoms with Crippen LogP contribution in [0.4, 0.5) is 29.2 Å². The first-order chi connectivity index (χ1) is 16.1. The molecule has 1 fully saturated rings. The predicted molar refractivity (Wildman–Crippen MR) is 132 cm³/mol. The first kappa shape index (κ1) is 22.2. The maximum Gasteiger partial charge on any atom is 0.250 e. The molecule has 0 aliphatic carbocycles. The lowest BCUT2D eigenvalue weighted by Gasteiger charge is -2.26. The molecule has 170 valence electrons. The van der Waals surface area contributed by atoms with Crippen LogP contribution in [0.15, 0.2) is 59.7 Å². The first-order valence-electron chi connectivity index (χ1n) is 11.1. The summed E-state index contributed by atoms with van der Waals surface area (Å²) in [6.45, 7) is 5.24. The minimum Gasteiger partial charge on any atom is -0.341 e. The number of benzene rings is 2. The predicted octanol–water partition coefficient (Wildman–Crippen LogP) is 4.40. The van der Waals surface area contributed by atoms with E-state index in [0.717, 1.165) is 48.6 Å². The van der Waals surface area contributed by atoms with E-state index in [9.17, 15) is 4.79 Å². The largest absolute Gasteiger partial charge is 0.341 e. The molecule has 3 aromatic rings. The van der Waals surface area contributed by atoms with E-state index < -0.39 is 0 Å². The van der Waals surface area contributed by atoms with Crippen molar-refractivity contribution in [2.75, 3.05) is 34.0 Å². The van der Waals surface area contributed by atoms with Gasteiger partial charge in [0.25, 0.3) is 0 Å². The Kier molecular flexibility index (Phi) is 7.09. The molecule has 1 saturated heterocycles. The summed E-state index contributed by atoms with van der Waals surface area (Å²) >= 11 is 0. The molecule has 1 aliphatic rings. The number of anilines is 5. The smallest absolute Gasteiger partial charge is 0.250 e. The SMILES string of the molecule is CC(=O)Nc1ccc(C(C)=NNc2nc(Nc3ccccc3)nc(N3CCCCC3)n2)cc1. The number of para-hydroxylation sites is 1. The summed E-state index contributed by atoms with van der Waals surface area (Å²) in [4.78, 5) is 27.1. The van der Waals surface area contributed by atoms with Gasteiger partial charge in [-0.25, -0.2) is 5.43 Å². The highest BCUT2D eigenvalue weighted by molar-refractivity contribution is 5.99. The van der Waals surface area contributed by atoms with E-state index in [1.54, 1.807) is 0 Å². The van der Waals surface area contributed by atoms with Gasteiger partial charge in [0.05, 0.1) is 5.71 Å². The zero-order valence-corrected chi connectivity index (χ0v) is 18.9. The Labute approximate surface area is 193 Å². The molecule has 0 saturated carbocycles. The van der Waals surface area contributed by atoms with E-state index in [0.29, 0.717) is 17.8 Å². The Morgan fingerprint density at radius 2 is 1.55 bits per heavy atom. The van der Waals surface area contributed by atoms with Gasteiger partial charge in [-0.3, -0.25) is 4.79 Å². The van der Waals surface area contributed by atoms with E-state index in [4.69, 9.17) is 0 Å². The van der Waals surface area contributed by atoms with Crippen molar-refractivity contribution >= 4 is 40.8 Å². The number of carbonyl (C=O) groups excluding carboxylic acids is 1. The molecule has 9 nitrogen and oxygen atoms in total. The summed E-state index contributed by atoms with van der Waals surface area (Å²) in [6, 6.07) is 17.3. The monoisotopic (exact) mass is 444 g/mol. The summed E-state index contributed by atoms with van der Waals surface area (Å²) in [5, 5.41) is 10.5. The van der Waals surface area contributed by atoms with Crippen molar-refractivity contribution in [1.29, 1.82) is 0 Å². The maximum absolute atomic E-state index is 11.2. The van der Waals surface area contributed by atoms with E-state index in [2.05, 4.69) is 41.0 Å². The molecule has 2 aromatic carbocycles. The van der Waals surface area contributed by atoms with Crippen LogP contribution in [-0.2, 0) is 4.79 Å². The van der Waals surface area contributed by atoms with Gasteiger partial charge in [0.2, 0.25) is 23.8 Å². The van der Waals surface area contributed by atoms with Crippen LogP contribution in [0.3, 0.4) is 0 Å². The van der Waals surface area contributed by atoms with Gasteiger partial charge in [-0.15, -0.1) is 0 Å². The zero-order valence-electron chi connectivity index (χ0n) is 18.9. The van der Waals surface area contributed by atoms with Crippen molar-refractivity contribution in [3.05, 3.63) is 60.2 Å². The van der Waals surface area contributed by atoms with Crippen LogP contribution >= 0.6 is 0 Å². The lowest BCUT2D eigenvalue weighted by molar-refractivity contribution is -0.114. The topological polar surface area (TPSA) is 107 Å². The van der Waals surface area contributed by atoms with Gasteiger partial charge in [0.15, 0.2) is 0 Å². The van der Waals surface area contributed by atoms with Gasteiger partial charge >= 0.3 is 0 Å². The van der Waals surface area contributed by atoms with Gasteiger partial charge in [-0.1, -0.05) is 30.3 Å². The number of rotatable bonds is 7. The molecule has 0 spiro atoms. The number of hydrogen-bond acceptors (Lipinski definition) is 8. The van der Waals surface area contributed by atoms with Gasteiger partial charge in [0.1, 0.15) is 0 Å². The zero-order chi connectivity index (χ0) is 23.0. The van der Waals surface area contributed by atoms with Crippen molar-refractivity contribution in [3.8, 4) is 0 Å². The number of hydrogen-bond donors (Lipinski definition) is 3. The highest BCUT2D eigenvalue weighted by Crippen LogP contribution is 2.21. The van der Waals surface area contributed by atoms with Crippen LogP contribution in [0.1, 0.15) is 38.7 Å². The molecule has 0 unspecified atom stereocenters. The Balaban J connectivity index is 1.54. The van der Waals surface area contributed by atoms with Crippen LogP contribution < -0.4 is 21.0 Å². The van der Waals surface area contributed by atoms with Crippen molar-refractivity contribution in [1.82, 2.24) is 15.0 Å². The molecule has 1 aliphatic heterocycles. The van der Waals surface area contributed by atoms with E-state index in [-0.39, 0.29) is 5.91 Å². The number of piperidine rings is 1. The van der Waals surface area contributed by atoms with Crippen molar-refractivity contribution in [3.63, 3.8) is 0 Å². The summed E-state index contributed by atoms with van der Waals surface area (Å²) in [5.74, 6) is 1.37. The molecular formula is C24H28N8O. The number of carbonyl (C=O) groups is 1. The highest BCUT2D eigenvalue weighted by Gasteiger charge is 2.16. The molecule has 3 N–H and O–H groups in total. The fraction of sp³-hybridized carbons (Fsp3) is 0.292. The Hall–Kier alpha value is -4.01. The second kappa shape index (κ2) is 10.5. The van der Waals surface area contributed by atoms with E-state index in [1.165, 1.54) is 13.3 Å². The summed E-state index contributed by atoms with van der Waals surface area (Å²) < 4.78 is 0. The standard InChI is InChI=1S/C24H28N8O/c1-17(19-11-13-21(14-12-19)25-18(2)33)30-31-23-27-22(26-20-9-5-3-6-10-20)28-24(29-23)32-15-7-4-8-16-32/h3,5-6,9-14H,4,7-8,15-16H2,1-2H3,(H,25,33)(H2,26,27,28,29,31). The number of nitrogens with one attached hydrogen (secondary N) is 3. The number of nitrogens with zero attached hydrogens (tertiary/aromatic N) is 5. The Bertz CT molecular complexity index is 1110. The molecule has 1 aromatic heterocycles. The summed E-state index contributed by atoms with van der Waals surface area (Å²) in [6.07, 6.45) is 3.48. The van der Waals surface area contributed by atoms with Gasteiger partial charge in [-0.2, -0.15) is 20.1 Å². The van der Waals surface area contributed by atoms with Crippen LogP contribution in [0.2, 0.25) is 0 Å². The Morgan fingerprint density at radius 1 is 0.848 bits per heavy atom. The lowest BCUT2D eigenvalue weighted by atomic mass is 10.1. The summed E-state index contributed by atoms with van der Waals surface area (Å²) in [5.41, 5.74) is 6.32. The molecule has 0 atom stereocenters. The molecular weight excluding hydrogens is 416 g/mol. The third-order valence-corrected chi connectivity index (χ3v) is 5.24. The third-order valence-electron chi connectivity index (χ3n) is 5.24. The van der Waals surface area contributed by atoms with Crippen LogP contribution in [0.25, 0.3) is 0 Å². The molecule has 33 heavy (non-hydrogen) atoms. The quantitative estimate of drug-likeness (QED) is 0.366. The first-order valence-corrected chi connectivity index (χ1v) is 11.1. The maximum atomic E-state index is 11.2. The fourth-order valence-corrected chi connectivity index (χ4v) is 3.55. The normalized spacial score (nSPS) is 14.0. The molecule has 4 rings (SSSR count). The van der Waals surface area contributed by atoms with E-state index >= 15 is 0 Å². The van der Waals surface area contributed by atoms with Crippen molar-refractivity contribution in [2.45, 2.75) is 33.1 Å². The number of hydrazone groups is 1. The van der Waals surface area contributed by atoms with Crippen LogP contribution in [0, 0.1) is 0 Å². The van der Waals surface area contributed by atoms with Gasteiger partial charge in [-0.05, 0) is 56.0 Å². The minimum absolute atomic E-state index is 0.103. The average Bonchev–Trinajstić information content (AvgIpc) is 2.84. The lowest BCUT2D eigenvalue weighted by Crippen LogP contribution is -2.31. The fourth-order valence-electron chi connectivity index (χ4n) is 3.55. The van der Waals surface area contributed by atoms with Crippen molar-refractivity contribution < 1.29 is 4.79 Å². The van der Waals surface area contributed by atoms with Gasteiger partial charge in [0, 0.05) is 31.4 Å². The second-order valence-corrected chi connectivity index (χ2v) is 7.89. The van der Waals surface area contributed by atoms with Gasteiger partial charge < -0.3 is 15.5 Å². The molecule has 1 amide bonds. The summed E-state index contributed by atoms with van der Waals surface area (Å²) in [7, 11) is 0. The Morgan fingerprint density at radius 3 is 2.24 bits per heavy atom. The van der Waals surface area contributed by atoms with Crippen LogP contribution in [-0.4, -0.2) is 39.7 Å². The highest BCUT2D eigenvalue weighted by atomic mass is 16.1. The number of aromatic nitrogens is 3.